The van der Waals surface area contributed by atoms with Gasteiger partial charge in [0.05, 0.1) is 39.0 Å². The lowest BCUT2D eigenvalue weighted by Crippen LogP contribution is -2.30. The smallest absolute Gasteiger partial charge is 0.0795 e. The van der Waals surface area contributed by atoms with Gasteiger partial charge in [-0.1, -0.05) is 164 Å². The molecular weight excluding hydrogens is 825 g/mol. The van der Waals surface area contributed by atoms with Crippen LogP contribution in [0.2, 0.25) is 0 Å². The first-order valence-corrected chi connectivity index (χ1v) is 23.7. The summed E-state index contributed by atoms with van der Waals surface area (Å²) in [6.45, 7) is 0. The molecule has 0 aliphatic heterocycles. The number of aromatic nitrogens is 4. The highest BCUT2D eigenvalue weighted by Crippen LogP contribution is 2.50. The van der Waals surface area contributed by atoms with E-state index >= 15 is 0 Å². The summed E-state index contributed by atoms with van der Waals surface area (Å²) in [4.78, 5) is 0. The predicted octanol–water partition coefficient (Wildman–Crippen LogP) is 15.0. The van der Waals surface area contributed by atoms with Crippen LogP contribution in [0.5, 0.6) is 0 Å². The highest BCUT2D eigenvalue weighted by Gasteiger charge is 2.29. The Morgan fingerprint density at radius 3 is 1.03 bits per heavy atom. The molecule has 1 aliphatic rings. The van der Waals surface area contributed by atoms with E-state index in [1.807, 2.05) is 0 Å². The Morgan fingerprint density at radius 2 is 0.574 bits per heavy atom. The Bertz CT molecular complexity index is 4170. The number of fused-ring (bicyclic) bond motifs is 8. The van der Waals surface area contributed by atoms with Crippen molar-refractivity contribution in [3.05, 3.63) is 241 Å². The summed E-state index contributed by atoms with van der Waals surface area (Å²) in [5, 5.41) is 8.83. The molecule has 4 heteroatoms. The largest absolute Gasteiger partial charge is 0.310 e. The van der Waals surface area contributed by atoms with Gasteiger partial charge in [-0.3, -0.25) is 0 Å². The summed E-state index contributed by atoms with van der Waals surface area (Å²) in [6.07, 6.45) is 6.93. The number of hydrogen-bond donors (Lipinski definition) is 0. The number of benzene rings is 9. The van der Waals surface area contributed by atoms with E-state index in [9.17, 15) is 0 Å². The topological polar surface area (TPSA) is 19.7 Å². The van der Waals surface area contributed by atoms with Crippen LogP contribution in [0.3, 0.4) is 0 Å². The van der Waals surface area contributed by atoms with E-state index < -0.39 is 0 Å². The molecule has 1 aliphatic carbocycles. The lowest BCUT2D eigenvalue weighted by atomic mass is 9.95. The summed E-state index contributed by atoms with van der Waals surface area (Å²) in [5.74, 6) is 0. The lowest BCUT2D eigenvalue weighted by Gasteiger charge is -2.19. The summed E-state index contributed by atoms with van der Waals surface area (Å²) < 4.78 is 9.89. The Morgan fingerprint density at radius 1 is 0.250 bits per heavy atom. The van der Waals surface area contributed by atoms with Crippen LogP contribution in [0.15, 0.2) is 231 Å². The van der Waals surface area contributed by atoms with Crippen molar-refractivity contribution in [2.24, 2.45) is 0 Å². The van der Waals surface area contributed by atoms with E-state index in [1.165, 1.54) is 76.3 Å². The molecule has 0 saturated carbocycles. The van der Waals surface area contributed by atoms with Gasteiger partial charge in [0.25, 0.3) is 0 Å². The zero-order chi connectivity index (χ0) is 44.7. The third kappa shape index (κ3) is 5.74. The van der Waals surface area contributed by atoms with Crippen molar-refractivity contribution in [1.29, 1.82) is 0 Å². The SMILES string of the molecule is C1=c2c(n(-c3ccc(-n4c(-c5c(-c6ccccc6)c6ccccc6n5-c5ccc(-n6c7ccccc7c7ccccc76)cc5)c(-c5ccccc5)c5ccccc54)cc3)c3ccccc23)=CCC1. The Hall–Kier alpha value is -8.86. The third-order valence-electron chi connectivity index (χ3n) is 14.2. The van der Waals surface area contributed by atoms with Gasteiger partial charge in [0.15, 0.2) is 0 Å². The first-order chi connectivity index (χ1) is 33.8. The fourth-order valence-electron chi connectivity index (χ4n) is 11.4. The molecule has 14 rings (SSSR count). The van der Waals surface area contributed by atoms with Gasteiger partial charge < -0.3 is 18.3 Å². The van der Waals surface area contributed by atoms with Crippen LogP contribution in [-0.2, 0) is 0 Å². The fraction of sp³-hybridized carbons (Fsp3) is 0.0312. The maximum absolute atomic E-state index is 2.52. The van der Waals surface area contributed by atoms with E-state index in [-0.39, 0.29) is 0 Å². The molecule has 320 valence electrons. The first-order valence-electron chi connectivity index (χ1n) is 23.7. The molecule has 4 heterocycles. The summed E-state index contributed by atoms with van der Waals surface area (Å²) in [7, 11) is 0. The van der Waals surface area contributed by atoms with Crippen molar-refractivity contribution in [1.82, 2.24) is 18.3 Å². The monoisotopic (exact) mass is 868 g/mol. The molecular formula is C64H44N4. The molecule has 68 heavy (non-hydrogen) atoms. The Kier molecular flexibility index (Phi) is 8.68. The van der Waals surface area contributed by atoms with Crippen molar-refractivity contribution in [3.8, 4) is 56.4 Å². The van der Waals surface area contributed by atoms with Gasteiger partial charge in [-0.15, -0.1) is 0 Å². The molecule has 0 saturated heterocycles. The molecule has 0 fully saturated rings. The molecule has 0 unspecified atom stereocenters. The third-order valence-corrected chi connectivity index (χ3v) is 14.2. The maximum atomic E-state index is 2.52. The lowest BCUT2D eigenvalue weighted by molar-refractivity contribution is 1.02. The quantitative estimate of drug-likeness (QED) is 0.152. The highest BCUT2D eigenvalue weighted by atomic mass is 15.1. The zero-order valence-corrected chi connectivity index (χ0v) is 37.3. The van der Waals surface area contributed by atoms with Gasteiger partial charge in [-0.2, -0.15) is 0 Å². The molecule has 0 radical (unpaired) electrons. The van der Waals surface area contributed by atoms with E-state index in [2.05, 4.69) is 261 Å². The van der Waals surface area contributed by atoms with Gasteiger partial charge in [-0.25, -0.2) is 0 Å². The molecule has 13 aromatic rings. The second-order valence-electron chi connectivity index (χ2n) is 17.9. The van der Waals surface area contributed by atoms with Crippen LogP contribution in [-0.4, -0.2) is 18.3 Å². The minimum Gasteiger partial charge on any atom is -0.310 e. The molecule has 4 aromatic heterocycles. The number of rotatable bonds is 7. The van der Waals surface area contributed by atoms with Crippen LogP contribution in [0.1, 0.15) is 12.8 Å². The van der Waals surface area contributed by atoms with E-state index in [0.717, 1.165) is 58.0 Å². The zero-order valence-electron chi connectivity index (χ0n) is 37.3. The number of nitrogens with zero attached hydrogens (tertiary/aromatic N) is 4. The van der Waals surface area contributed by atoms with Crippen LogP contribution in [0.4, 0.5) is 0 Å². The fourth-order valence-corrected chi connectivity index (χ4v) is 11.4. The number of hydrogen-bond acceptors (Lipinski definition) is 0. The molecule has 0 amide bonds. The molecule has 0 atom stereocenters. The van der Waals surface area contributed by atoms with E-state index in [4.69, 9.17) is 0 Å². The number of para-hydroxylation sites is 5. The summed E-state index contributed by atoms with van der Waals surface area (Å²) >= 11 is 0. The Labute approximate surface area is 393 Å². The molecule has 9 aromatic carbocycles. The van der Waals surface area contributed by atoms with E-state index in [0.29, 0.717) is 0 Å². The summed E-state index contributed by atoms with van der Waals surface area (Å²) in [5.41, 5.74) is 17.4. The second-order valence-corrected chi connectivity index (χ2v) is 17.9. The van der Waals surface area contributed by atoms with Crippen molar-refractivity contribution in [2.45, 2.75) is 12.8 Å². The molecule has 0 bridgehead atoms. The van der Waals surface area contributed by atoms with Crippen LogP contribution in [0.25, 0.3) is 123 Å². The van der Waals surface area contributed by atoms with Crippen molar-refractivity contribution < 1.29 is 0 Å². The van der Waals surface area contributed by atoms with Gasteiger partial charge in [0, 0.05) is 71.4 Å². The van der Waals surface area contributed by atoms with Crippen molar-refractivity contribution in [3.63, 3.8) is 0 Å². The standard InChI is InChI=1S/C64H44N4/c1-3-19-43(20-4-1)61-53-27-11-17-33-59(53)67(47-39-35-45(36-40-47)65-55-29-13-7-23-49(55)50-24-8-14-30-56(50)65)63(61)64-62(44-21-5-2-6-22-44)54-28-12-18-34-60(54)68(64)48-41-37-46(38-42-48)66-57-31-15-9-25-51(57)52-26-10-16-32-58(52)66/h1-9,11-15,17-42H,10,16H2. The van der Waals surface area contributed by atoms with E-state index in [1.54, 1.807) is 0 Å². The van der Waals surface area contributed by atoms with Crippen LogP contribution >= 0.6 is 0 Å². The van der Waals surface area contributed by atoms with Gasteiger partial charge >= 0.3 is 0 Å². The molecule has 0 N–H and O–H groups in total. The average Bonchev–Trinajstić information content (AvgIpc) is 4.14. The van der Waals surface area contributed by atoms with Crippen molar-refractivity contribution in [2.75, 3.05) is 0 Å². The van der Waals surface area contributed by atoms with Crippen LogP contribution in [0, 0.1) is 0 Å². The average molecular weight is 869 g/mol. The van der Waals surface area contributed by atoms with Gasteiger partial charge in [0.2, 0.25) is 0 Å². The minimum absolute atomic E-state index is 1.04. The highest BCUT2D eigenvalue weighted by molar-refractivity contribution is 6.13. The van der Waals surface area contributed by atoms with Gasteiger partial charge in [-0.05, 0) is 103 Å². The minimum atomic E-state index is 1.04. The molecule has 0 spiro atoms. The first kappa shape index (κ1) is 38.4. The van der Waals surface area contributed by atoms with Gasteiger partial charge in [0.1, 0.15) is 0 Å². The maximum Gasteiger partial charge on any atom is 0.0795 e. The predicted molar refractivity (Wildman–Crippen MR) is 285 cm³/mol. The van der Waals surface area contributed by atoms with Crippen molar-refractivity contribution >= 4 is 66.7 Å². The van der Waals surface area contributed by atoms with Crippen LogP contribution < -0.4 is 10.6 Å². The summed E-state index contributed by atoms with van der Waals surface area (Å²) in [6, 6.07) is 84.6. The second kappa shape index (κ2) is 15.4. The normalized spacial score (nSPS) is 12.5. The molecule has 4 nitrogen and oxygen atoms in total. The Balaban J connectivity index is 1.06.